The van der Waals surface area contributed by atoms with Crippen molar-refractivity contribution >= 4 is 11.6 Å². The Labute approximate surface area is 165 Å². The second-order valence-electron chi connectivity index (χ2n) is 7.05. The summed E-state index contributed by atoms with van der Waals surface area (Å²) in [5.41, 5.74) is 1.22. The number of anilines is 2. The lowest BCUT2D eigenvalue weighted by atomic mass is 10.2. The van der Waals surface area contributed by atoms with E-state index in [2.05, 4.69) is 54.2 Å². The molecule has 8 nitrogen and oxygen atoms in total. The molecule has 8 heteroatoms. The fraction of sp³-hybridized carbons (Fsp3) is 0.400. The molecule has 3 aromatic rings. The maximum Gasteiger partial charge on any atom is 0.137 e. The van der Waals surface area contributed by atoms with Crippen molar-refractivity contribution < 1.29 is 0 Å². The Balaban J connectivity index is 1.35. The van der Waals surface area contributed by atoms with Crippen molar-refractivity contribution in [3.63, 3.8) is 0 Å². The quantitative estimate of drug-likeness (QED) is 0.669. The third-order valence-electron chi connectivity index (χ3n) is 4.99. The average Bonchev–Trinajstić information content (AvgIpc) is 3.26. The second-order valence-corrected chi connectivity index (χ2v) is 7.05. The third-order valence-corrected chi connectivity index (χ3v) is 4.99. The predicted octanol–water partition coefficient (Wildman–Crippen LogP) is 1.57. The van der Waals surface area contributed by atoms with Gasteiger partial charge in [-0.15, -0.1) is 0 Å². The summed E-state index contributed by atoms with van der Waals surface area (Å²) in [6, 6.07) is 10.5. The van der Waals surface area contributed by atoms with Crippen molar-refractivity contribution in [1.29, 1.82) is 0 Å². The molecule has 0 aromatic carbocycles. The van der Waals surface area contributed by atoms with Crippen LogP contribution in [-0.2, 0) is 13.1 Å². The van der Waals surface area contributed by atoms with Crippen LogP contribution >= 0.6 is 0 Å². The van der Waals surface area contributed by atoms with Crippen LogP contribution in [0.25, 0.3) is 0 Å². The zero-order chi connectivity index (χ0) is 19.2. The van der Waals surface area contributed by atoms with E-state index in [9.17, 15) is 0 Å². The van der Waals surface area contributed by atoms with Gasteiger partial charge in [0, 0.05) is 56.7 Å². The molecule has 28 heavy (non-hydrogen) atoms. The van der Waals surface area contributed by atoms with E-state index in [1.54, 1.807) is 12.7 Å². The first-order valence-electron chi connectivity index (χ1n) is 9.70. The van der Waals surface area contributed by atoms with E-state index >= 15 is 0 Å². The molecule has 0 saturated carbocycles. The van der Waals surface area contributed by atoms with Gasteiger partial charge in [-0.1, -0.05) is 12.1 Å². The number of hydrogen-bond donors (Lipinski definition) is 1. The molecule has 3 aromatic heterocycles. The first-order chi connectivity index (χ1) is 13.8. The highest BCUT2D eigenvalue weighted by molar-refractivity contribution is 5.49. The molecule has 1 aliphatic heterocycles. The van der Waals surface area contributed by atoms with Gasteiger partial charge in [-0.2, -0.15) is 5.10 Å². The summed E-state index contributed by atoms with van der Waals surface area (Å²) in [5.74, 6) is 2.12. The minimum absolute atomic E-state index is 0.288. The van der Waals surface area contributed by atoms with Crippen molar-refractivity contribution in [3.05, 3.63) is 60.9 Å². The van der Waals surface area contributed by atoms with E-state index in [-0.39, 0.29) is 6.04 Å². The van der Waals surface area contributed by atoms with Crippen LogP contribution in [0.1, 0.15) is 12.5 Å². The topological polar surface area (TPSA) is 75.0 Å². The van der Waals surface area contributed by atoms with Gasteiger partial charge in [-0.3, -0.25) is 4.68 Å². The maximum absolute atomic E-state index is 4.68. The fourth-order valence-corrected chi connectivity index (χ4v) is 3.50. The summed E-state index contributed by atoms with van der Waals surface area (Å²) in [5, 5.41) is 7.75. The van der Waals surface area contributed by atoms with Gasteiger partial charge >= 0.3 is 0 Å². The highest BCUT2D eigenvalue weighted by atomic mass is 15.3. The Morgan fingerprint density at radius 2 is 1.82 bits per heavy atom. The van der Waals surface area contributed by atoms with Crippen LogP contribution in [0, 0.1) is 0 Å². The minimum atomic E-state index is 0.288. The van der Waals surface area contributed by atoms with Crippen molar-refractivity contribution in [1.82, 2.24) is 30.0 Å². The number of nitrogens with zero attached hydrogens (tertiary/aromatic N) is 7. The smallest absolute Gasteiger partial charge is 0.137 e. The number of rotatable bonds is 7. The van der Waals surface area contributed by atoms with Gasteiger partial charge in [0.15, 0.2) is 0 Å². The van der Waals surface area contributed by atoms with Gasteiger partial charge in [0.1, 0.15) is 24.3 Å². The van der Waals surface area contributed by atoms with Crippen LogP contribution in [0.4, 0.5) is 11.6 Å². The van der Waals surface area contributed by atoms with E-state index in [0.29, 0.717) is 0 Å². The summed E-state index contributed by atoms with van der Waals surface area (Å²) < 4.78 is 1.85. The molecule has 4 heterocycles. The van der Waals surface area contributed by atoms with E-state index in [4.69, 9.17) is 0 Å². The van der Waals surface area contributed by atoms with E-state index in [0.717, 1.165) is 50.9 Å². The number of pyridine rings is 2. The summed E-state index contributed by atoms with van der Waals surface area (Å²) in [7, 11) is 0. The molecule has 1 aliphatic rings. The molecular formula is C20H26N8. The molecule has 0 unspecified atom stereocenters. The molecule has 0 spiro atoms. The summed E-state index contributed by atoms with van der Waals surface area (Å²) >= 11 is 0. The summed E-state index contributed by atoms with van der Waals surface area (Å²) in [6.07, 6.45) is 7.04. The molecule has 1 atom stereocenters. The summed E-state index contributed by atoms with van der Waals surface area (Å²) in [4.78, 5) is 17.8. The molecule has 4 rings (SSSR count). The Morgan fingerprint density at radius 1 is 1.00 bits per heavy atom. The van der Waals surface area contributed by atoms with Crippen LogP contribution in [0.5, 0.6) is 0 Å². The van der Waals surface area contributed by atoms with Gasteiger partial charge in [-0.25, -0.2) is 15.0 Å². The minimum Gasteiger partial charge on any atom is -0.353 e. The molecule has 1 fully saturated rings. The van der Waals surface area contributed by atoms with Crippen LogP contribution in [0.15, 0.2) is 55.4 Å². The number of piperazine rings is 1. The van der Waals surface area contributed by atoms with Crippen molar-refractivity contribution in [3.8, 4) is 0 Å². The van der Waals surface area contributed by atoms with E-state index in [1.807, 2.05) is 35.3 Å². The zero-order valence-electron chi connectivity index (χ0n) is 16.1. The first kappa shape index (κ1) is 18.4. The lowest BCUT2D eigenvalue weighted by Crippen LogP contribution is -2.47. The molecule has 1 N–H and O–H groups in total. The van der Waals surface area contributed by atoms with Crippen molar-refractivity contribution in [2.45, 2.75) is 26.1 Å². The zero-order valence-corrected chi connectivity index (χ0v) is 16.1. The number of hydrogen-bond acceptors (Lipinski definition) is 7. The molecule has 0 radical (unpaired) electrons. The Kier molecular flexibility index (Phi) is 5.77. The Bertz CT molecular complexity index is 844. The molecule has 0 amide bonds. The Hall–Kier alpha value is -3.00. The van der Waals surface area contributed by atoms with Crippen LogP contribution < -0.4 is 15.1 Å². The van der Waals surface area contributed by atoms with Crippen molar-refractivity contribution in [2.75, 3.05) is 36.0 Å². The number of aromatic nitrogens is 5. The monoisotopic (exact) mass is 378 g/mol. The van der Waals surface area contributed by atoms with E-state index in [1.165, 1.54) is 5.56 Å². The standard InChI is InChI=1S/C20H26N8/c1-17(14-28-16-21-15-25-28)24-13-18-5-4-8-23-20(18)27-11-9-26(10-12-27)19-6-2-3-7-22-19/h2-8,15-17,24H,9-14H2,1H3/t17-/m0/s1. The van der Waals surface area contributed by atoms with Gasteiger partial charge in [-0.05, 0) is 25.1 Å². The lowest BCUT2D eigenvalue weighted by Gasteiger charge is -2.36. The summed E-state index contributed by atoms with van der Waals surface area (Å²) in [6.45, 7) is 7.50. The lowest BCUT2D eigenvalue weighted by molar-refractivity contribution is 0.449. The van der Waals surface area contributed by atoms with Crippen LogP contribution in [-0.4, -0.2) is 57.0 Å². The average molecular weight is 378 g/mol. The number of nitrogens with one attached hydrogen (secondary N) is 1. The van der Waals surface area contributed by atoms with E-state index < -0.39 is 0 Å². The predicted molar refractivity (Wildman–Crippen MR) is 109 cm³/mol. The molecular weight excluding hydrogens is 352 g/mol. The van der Waals surface area contributed by atoms with Crippen molar-refractivity contribution in [2.24, 2.45) is 0 Å². The van der Waals surface area contributed by atoms with Gasteiger partial charge in [0.25, 0.3) is 0 Å². The third kappa shape index (κ3) is 4.45. The normalized spacial score (nSPS) is 15.6. The highest BCUT2D eigenvalue weighted by Gasteiger charge is 2.21. The molecule has 0 aliphatic carbocycles. The first-order valence-corrected chi connectivity index (χ1v) is 9.70. The highest BCUT2D eigenvalue weighted by Crippen LogP contribution is 2.21. The van der Waals surface area contributed by atoms with Gasteiger partial charge in [0.2, 0.25) is 0 Å². The molecule has 146 valence electrons. The Morgan fingerprint density at radius 3 is 2.57 bits per heavy atom. The van der Waals surface area contributed by atoms with Gasteiger partial charge < -0.3 is 15.1 Å². The van der Waals surface area contributed by atoms with Gasteiger partial charge in [0.05, 0.1) is 6.54 Å². The van der Waals surface area contributed by atoms with Crippen LogP contribution in [0.3, 0.4) is 0 Å². The maximum atomic E-state index is 4.68. The largest absolute Gasteiger partial charge is 0.353 e. The SMILES string of the molecule is C[C@@H](Cn1cncn1)NCc1cccnc1N1CCN(c2ccccn2)CC1. The van der Waals surface area contributed by atoms with Crippen LogP contribution in [0.2, 0.25) is 0 Å². The fourth-order valence-electron chi connectivity index (χ4n) is 3.50. The molecule has 0 bridgehead atoms. The molecule has 1 saturated heterocycles. The second kappa shape index (κ2) is 8.79.